The van der Waals surface area contributed by atoms with Crippen LogP contribution in [0.5, 0.6) is 0 Å². The van der Waals surface area contributed by atoms with Gasteiger partial charge in [0.15, 0.2) is 0 Å². The maximum absolute atomic E-state index is 12.5. The van der Waals surface area contributed by atoms with Gasteiger partial charge in [0.25, 0.3) is 11.8 Å². The van der Waals surface area contributed by atoms with E-state index in [1.807, 2.05) is 6.07 Å². The van der Waals surface area contributed by atoms with Crippen LogP contribution >= 0.6 is 15.9 Å². The summed E-state index contributed by atoms with van der Waals surface area (Å²) in [6.07, 6.45) is 3.38. The zero-order valence-electron chi connectivity index (χ0n) is 13.9. The standard InChI is InChI=1S/C19H13BrN4O3/c20-12-6-7-16(24-9-3-8-21-24)15(10-12)22-17(25)11-23-18(26)13-4-1-2-5-14(13)19(23)27/h1-10H,11H2,(H,22,25). The summed E-state index contributed by atoms with van der Waals surface area (Å²) in [6.45, 7) is -0.364. The molecule has 2 heterocycles. The largest absolute Gasteiger partial charge is 0.323 e. The van der Waals surface area contributed by atoms with Crippen LogP contribution in [0.15, 0.2) is 65.4 Å². The molecule has 0 saturated carbocycles. The number of anilines is 1. The maximum Gasteiger partial charge on any atom is 0.262 e. The highest BCUT2D eigenvalue weighted by Gasteiger charge is 2.36. The summed E-state index contributed by atoms with van der Waals surface area (Å²) in [7, 11) is 0. The lowest BCUT2D eigenvalue weighted by molar-refractivity contribution is -0.116. The Bertz CT molecular complexity index is 1030. The molecule has 0 radical (unpaired) electrons. The van der Waals surface area contributed by atoms with E-state index in [2.05, 4.69) is 26.3 Å². The molecule has 0 saturated heterocycles. The Morgan fingerprint density at radius 1 is 1.04 bits per heavy atom. The Morgan fingerprint density at radius 3 is 2.37 bits per heavy atom. The Hall–Kier alpha value is -3.26. The molecule has 1 aliphatic rings. The van der Waals surface area contributed by atoms with Crippen molar-refractivity contribution in [1.29, 1.82) is 0 Å². The van der Waals surface area contributed by atoms with Gasteiger partial charge in [-0.2, -0.15) is 5.10 Å². The Kier molecular flexibility index (Phi) is 4.33. The second-order valence-electron chi connectivity index (χ2n) is 5.90. The van der Waals surface area contributed by atoms with Crippen LogP contribution in [0, 0.1) is 0 Å². The van der Waals surface area contributed by atoms with Crippen molar-refractivity contribution < 1.29 is 14.4 Å². The van der Waals surface area contributed by atoms with Crippen molar-refractivity contribution in [1.82, 2.24) is 14.7 Å². The maximum atomic E-state index is 12.5. The molecule has 7 nitrogen and oxygen atoms in total. The molecule has 8 heteroatoms. The first-order valence-corrected chi connectivity index (χ1v) is 8.88. The molecule has 27 heavy (non-hydrogen) atoms. The minimum Gasteiger partial charge on any atom is -0.323 e. The summed E-state index contributed by atoms with van der Waals surface area (Å²) in [5.74, 6) is -1.41. The monoisotopic (exact) mass is 424 g/mol. The van der Waals surface area contributed by atoms with Crippen LogP contribution in [0.25, 0.3) is 5.69 Å². The number of fused-ring (bicyclic) bond motifs is 1. The smallest absolute Gasteiger partial charge is 0.262 e. The van der Waals surface area contributed by atoms with Crippen LogP contribution in [0.4, 0.5) is 5.69 Å². The third kappa shape index (κ3) is 3.15. The van der Waals surface area contributed by atoms with Crippen LogP contribution in [0.1, 0.15) is 20.7 Å². The molecule has 0 fully saturated rings. The van der Waals surface area contributed by atoms with E-state index in [1.54, 1.807) is 59.5 Å². The lowest BCUT2D eigenvalue weighted by atomic mass is 10.1. The van der Waals surface area contributed by atoms with Gasteiger partial charge in [-0.1, -0.05) is 28.1 Å². The predicted molar refractivity (Wildman–Crippen MR) is 102 cm³/mol. The number of nitrogens with one attached hydrogen (secondary N) is 1. The quantitative estimate of drug-likeness (QED) is 0.652. The van der Waals surface area contributed by atoms with E-state index in [4.69, 9.17) is 0 Å². The summed E-state index contributed by atoms with van der Waals surface area (Å²) in [4.78, 5) is 38.3. The Balaban J connectivity index is 1.56. The number of hydrogen-bond donors (Lipinski definition) is 1. The SMILES string of the molecule is O=C(CN1C(=O)c2ccccc2C1=O)Nc1cc(Br)ccc1-n1cccn1. The minimum absolute atomic E-state index is 0.315. The number of benzene rings is 2. The third-order valence-corrected chi connectivity index (χ3v) is 4.66. The number of carbonyl (C=O) groups excluding carboxylic acids is 3. The molecule has 1 aliphatic heterocycles. The van der Waals surface area contributed by atoms with Gasteiger partial charge in [-0.15, -0.1) is 0 Å². The molecule has 4 rings (SSSR count). The lowest BCUT2D eigenvalue weighted by Crippen LogP contribution is -2.37. The predicted octanol–water partition coefficient (Wildman–Crippen LogP) is 2.87. The molecule has 0 atom stereocenters. The van der Waals surface area contributed by atoms with Gasteiger partial charge >= 0.3 is 0 Å². The van der Waals surface area contributed by atoms with E-state index in [1.165, 1.54) is 0 Å². The third-order valence-electron chi connectivity index (χ3n) is 4.16. The van der Waals surface area contributed by atoms with Gasteiger partial charge in [0.2, 0.25) is 5.91 Å². The van der Waals surface area contributed by atoms with E-state index in [0.29, 0.717) is 22.5 Å². The van der Waals surface area contributed by atoms with Crippen molar-refractivity contribution in [3.8, 4) is 5.69 Å². The van der Waals surface area contributed by atoms with E-state index in [-0.39, 0.29) is 6.54 Å². The second-order valence-corrected chi connectivity index (χ2v) is 6.82. The van der Waals surface area contributed by atoms with Crippen LogP contribution in [0.2, 0.25) is 0 Å². The highest BCUT2D eigenvalue weighted by Crippen LogP contribution is 2.25. The Labute approximate surface area is 162 Å². The van der Waals surface area contributed by atoms with Crippen LogP contribution in [-0.2, 0) is 4.79 Å². The van der Waals surface area contributed by atoms with Crippen LogP contribution in [-0.4, -0.2) is 38.9 Å². The zero-order valence-corrected chi connectivity index (χ0v) is 15.5. The molecular formula is C19H13BrN4O3. The normalized spacial score (nSPS) is 13.0. The average molecular weight is 425 g/mol. The molecule has 0 unspecified atom stereocenters. The van der Waals surface area contributed by atoms with Gasteiger partial charge in [-0.3, -0.25) is 19.3 Å². The van der Waals surface area contributed by atoms with E-state index >= 15 is 0 Å². The first kappa shape index (κ1) is 17.2. The molecule has 1 aromatic heterocycles. The van der Waals surface area contributed by atoms with E-state index in [9.17, 15) is 14.4 Å². The molecule has 0 spiro atoms. The van der Waals surface area contributed by atoms with Gasteiger partial charge in [-0.05, 0) is 36.4 Å². The van der Waals surface area contributed by atoms with Gasteiger partial charge in [-0.25, -0.2) is 4.68 Å². The summed E-state index contributed by atoms with van der Waals surface area (Å²) >= 11 is 3.38. The number of amides is 3. The number of aromatic nitrogens is 2. The number of halogens is 1. The lowest BCUT2D eigenvalue weighted by Gasteiger charge is -2.15. The minimum atomic E-state index is -0.476. The van der Waals surface area contributed by atoms with E-state index in [0.717, 1.165) is 9.37 Å². The van der Waals surface area contributed by atoms with Crippen molar-refractivity contribution in [2.75, 3.05) is 11.9 Å². The molecule has 1 N–H and O–H groups in total. The number of hydrogen-bond acceptors (Lipinski definition) is 4. The molecule has 0 bridgehead atoms. The number of carbonyl (C=O) groups is 3. The van der Waals surface area contributed by atoms with Gasteiger partial charge < -0.3 is 5.32 Å². The first-order valence-electron chi connectivity index (χ1n) is 8.09. The van der Waals surface area contributed by atoms with Gasteiger partial charge in [0, 0.05) is 16.9 Å². The van der Waals surface area contributed by atoms with Crippen LogP contribution in [0.3, 0.4) is 0 Å². The van der Waals surface area contributed by atoms with Crippen molar-refractivity contribution in [3.63, 3.8) is 0 Å². The number of imide groups is 1. The molecule has 0 aliphatic carbocycles. The average Bonchev–Trinajstić information content (AvgIpc) is 3.26. The summed E-state index contributed by atoms with van der Waals surface area (Å²) in [5, 5.41) is 6.93. The highest BCUT2D eigenvalue weighted by molar-refractivity contribution is 9.10. The highest BCUT2D eigenvalue weighted by atomic mass is 79.9. The summed E-state index contributed by atoms with van der Waals surface area (Å²) in [6, 6.07) is 13.7. The fourth-order valence-corrected chi connectivity index (χ4v) is 3.30. The summed E-state index contributed by atoms with van der Waals surface area (Å²) in [5.41, 5.74) is 1.80. The number of nitrogens with zero attached hydrogens (tertiary/aromatic N) is 3. The zero-order chi connectivity index (χ0) is 19.0. The van der Waals surface area contributed by atoms with Crippen molar-refractivity contribution in [2.24, 2.45) is 0 Å². The molecule has 3 aromatic rings. The molecule has 134 valence electrons. The van der Waals surface area contributed by atoms with Crippen molar-refractivity contribution >= 4 is 39.3 Å². The topological polar surface area (TPSA) is 84.3 Å². The molecule has 3 amide bonds. The molecular weight excluding hydrogens is 412 g/mol. The van der Waals surface area contributed by atoms with Gasteiger partial charge in [0.05, 0.1) is 22.5 Å². The van der Waals surface area contributed by atoms with Crippen molar-refractivity contribution in [2.45, 2.75) is 0 Å². The fourth-order valence-electron chi connectivity index (χ4n) is 2.94. The number of rotatable bonds is 4. The molecule has 2 aromatic carbocycles. The van der Waals surface area contributed by atoms with Crippen LogP contribution < -0.4 is 5.32 Å². The van der Waals surface area contributed by atoms with Crippen molar-refractivity contribution in [3.05, 3.63) is 76.5 Å². The van der Waals surface area contributed by atoms with Gasteiger partial charge in [0.1, 0.15) is 6.54 Å². The fraction of sp³-hybridized carbons (Fsp3) is 0.0526. The van der Waals surface area contributed by atoms with E-state index < -0.39 is 17.7 Å². The summed E-state index contributed by atoms with van der Waals surface area (Å²) < 4.78 is 2.39. The second kappa shape index (κ2) is 6.81. The Morgan fingerprint density at radius 2 is 1.74 bits per heavy atom. The first-order chi connectivity index (χ1) is 13.0.